The molecule has 0 spiro atoms. The molecule has 1 amide bonds. The first kappa shape index (κ1) is 23.2. The number of carbonyl (C=O) groups is 2. The van der Waals surface area contributed by atoms with Gasteiger partial charge in [-0.05, 0) is 76.1 Å². The summed E-state index contributed by atoms with van der Waals surface area (Å²) in [5.74, 6) is 0.136. The number of nitrogens with one attached hydrogen (secondary N) is 1. The third-order valence-corrected chi connectivity index (χ3v) is 5.70. The maximum absolute atomic E-state index is 12.8. The largest absolute Gasteiger partial charge is 0.494 e. The fourth-order valence-electron chi connectivity index (χ4n) is 3.37. The molecule has 0 heterocycles. The average Bonchev–Trinajstić information content (AvgIpc) is 2.86. The van der Waals surface area contributed by atoms with Crippen LogP contribution in [-0.4, -0.2) is 24.7 Å². The van der Waals surface area contributed by atoms with Crippen LogP contribution in [0.3, 0.4) is 0 Å². The van der Waals surface area contributed by atoms with E-state index >= 15 is 0 Å². The molecule has 1 N–H and O–H groups in total. The van der Waals surface area contributed by atoms with Crippen LogP contribution >= 0.6 is 15.9 Å². The van der Waals surface area contributed by atoms with Crippen LogP contribution in [0.2, 0.25) is 0 Å². The van der Waals surface area contributed by atoms with E-state index < -0.39 is 5.97 Å². The van der Waals surface area contributed by atoms with Crippen LogP contribution in [-0.2, 0) is 0 Å². The molecule has 0 aliphatic rings. The molecule has 6 nitrogen and oxygen atoms in total. The first-order valence-corrected chi connectivity index (χ1v) is 11.4. The zero-order chi connectivity index (χ0) is 23.9. The second kappa shape index (κ2) is 10.8. The lowest BCUT2D eigenvalue weighted by molar-refractivity contribution is 0.0734. The van der Waals surface area contributed by atoms with Crippen LogP contribution in [0.4, 0.5) is 0 Å². The van der Waals surface area contributed by atoms with Crippen molar-refractivity contribution in [2.45, 2.75) is 6.92 Å². The Morgan fingerprint density at radius 2 is 1.68 bits per heavy atom. The van der Waals surface area contributed by atoms with Crippen molar-refractivity contribution in [3.63, 3.8) is 0 Å². The van der Waals surface area contributed by atoms with Gasteiger partial charge in [0.1, 0.15) is 11.5 Å². The Balaban J connectivity index is 1.60. The van der Waals surface area contributed by atoms with Crippen molar-refractivity contribution in [3.05, 3.63) is 106 Å². The normalized spacial score (nSPS) is 10.9. The summed E-state index contributed by atoms with van der Waals surface area (Å²) in [5.41, 5.74) is 3.95. The topological polar surface area (TPSA) is 77.0 Å². The van der Waals surface area contributed by atoms with Gasteiger partial charge in [-0.2, -0.15) is 5.10 Å². The van der Waals surface area contributed by atoms with E-state index in [0.29, 0.717) is 39.3 Å². The standard InChI is InChI=1S/C27H21BrN2O4/c1-2-33-20-14-11-19(12-15-20)27(32)34-25-16-13-18-7-3-4-8-21(18)23(25)17-29-30-26(31)22-9-5-6-10-24(22)28/h3-17H,2H2,1H3,(H,30,31)/b29-17-. The molecule has 0 saturated carbocycles. The van der Waals surface area contributed by atoms with Gasteiger partial charge < -0.3 is 9.47 Å². The van der Waals surface area contributed by atoms with Gasteiger partial charge in [0.05, 0.1) is 23.9 Å². The van der Waals surface area contributed by atoms with Crippen LogP contribution in [0, 0.1) is 0 Å². The van der Waals surface area contributed by atoms with Crippen molar-refractivity contribution >= 4 is 44.8 Å². The monoisotopic (exact) mass is 516 g/mol. The first-order chi connectivity index (χ1) is 16.6. The minimum Gasteiger partial charge on any atom is -0.494 e. The molecular weight excluding hydrogens is 496 g/mol. The molecule has 170 valence electrons. The number of hydrazone groups is 1. The third-order valence-electron chi connectivity index (χ3n) is 5.01. The Morgan fingerprint density at radius 1 is 0.941 bits per heavy atom. The van der Waals surface area contributed by atoms with Gasteiger partial charge >= 0.3 is 5.97 Å². The number of hydrogen-bond donors (Lipinski definition) is 1. The van der Waals surface area contributed by atoms with Crippen LogP contribution < -0.4 is 14.9 Å². The van der Waals surface area contributed by atoms with Crippen molar-refractivity contribution in [2.24, 2.45) is 5.10 Å². The number of rotatable bonds is 7. The summed E-state index contributed by atoms with van der Waals surface area (Å²) in [6.07, 6.45) is 1.48. The predicted octanol–water partition coefficient (Wildman–Crippen LogP) is 5.98. The number of nitrogens with zero attached hydrogens (tertiary/aromatic N) is 1. The molecule has 0 atom stereocenters. The Hall–Kier alpha value is -3.97. The highest BCUT2D eigenvalue weighted by Gasteiger charge is 2.14. The summed E-state index contributed by atoms with van der Waals surface area (Å²) in [6, 6.07) is 25.1. The molecule has 0 radical (unpaired) electrons. The summed E-state index contributed by atoms with van der Waals surface area (Å²) in [5, 5.41) is 5.91. The van der Waals surface area contributed by atoms with E-state index in [1.807, 2.05) is 43.3 Å². The highest BCUT2D eigenvalue weighted by Crippen LogP contribution is 2.28. The Bertz CT molecular complexity index is 1370. The highest BCUT2D eigenvalue weighted by atomic mass is 79.9. The summed E-state index contributed by atoms with van der Waals surface area (Å²) in [4.78, 5) is 25.3. The quantitative estimate of drug-likeness (QED) is 0.142. The SMILES string of the molecule is CCOc1ccc(C(=O)Oc2ccc3ccccc3c2/C=N\NC(=O)c2ccccc2Br)cc1. The second-order valence-corrected chi connectivity index (χ2v) is 8.08. The molecular formula is C27H21BrN2O4. The number of fused-ring (bicyclic) bond motifs is 1. The summed E-state index contributed by atoms with van der Waals surface area (Å²) in [6.45, 7) is 2.44. The van der Waals surface area contributed by atoms with Crippen molar-refractivity contribution in [3.8, 4) is 11.5 Å². The molecule has 0 aromatic heterocycles. The number of carbonyl (C=O) groups excluding carboxylic acids is 2. The molecule has 0 saturated heterocycles. The van der Waals surface area contributed by atoms with Crippen molar-refractivity contribution in [1.82, 2.24) is 5.43 Å². The van der Waals surface area contributed by atoms with Gasteiger partial charge in [0.15, 0.2) is 0 Å². The van der Waals surface area contributed by atoms with Crippen LogP contribution in [0.15, 0.2) is 94.5 Å². The van der Waals surface area contributed by atoms with E-state index in [4.69, 9.17) is 9.47 Å². The van der Waals surface area contributed by atoms with Gasteiger partial charge in [0.25, 0.3) is 5.91 Å². The summed E-state index contributed by atoms with van der Waals surface area (Å²) >= 11 is 3.36. The maximum atomic E-state index is 12.8. The molecule has 0 aliphatic carbocycles. The minimum atomic E-state index is -0.509. The van der Waals surface area contributed by atoms with Gasteiger partial charge in [0, 0.05) is 10.0 Å². The molecule has 7 heteroatoms. The molecule has 0 aliphatic heterocycles. The van der Waals surface area contributed by atoms with E-state index in [9.17, 15) is 9.59 Å². The van der Waals surface area contributed by atoms with Crippen LogP contribution in [0.5, 0.6) is 11.5 Å². The summed E-state index contributed by atoms with van der Waals surface area (Å²) in [7, 11) is 0. The fourth-order valence-corrected chi connectivity index (χ4v) is 3.84. The average molecular weight is 517 g/mol. The Labute approximate surface area is 205 Å². The number of amides is 1. The second-order valence-electron chi connectivity index (χ2n) is 7.22. The Morgan fingerprint density at radius 3 is 2.44 bits per heavy atom. The van der Waals surface area contributed by atoms with E-state index in [1.165, 1.54) is 6.21 Å². The molecule has 4 aromatic carbocycles. The van der Waals surface area contributed by atoms with E-state index in [0.717, 1.165) is 10.8 Å². The van der Waals surface area contributed by atoms with Crippen LogP contribution in [0.25, 0.3) is 10.8 Å². The van der Waals surface area contributed by atoms with Gasteiger partial charge in [-0.25, -0.2) is 10.2 Å². The van der Waals surface area contributed by atoms with Gasteiger partial charge in [-0.15, -0.1) is 0 Å². The van der Waals surface area contributed by atoms with E-state index in [1.54, 1.807) is 48.5 Å². The fraction of sp³-hybridized carbons (Fsp3) is 0.0741. The van der Waals surface area contributed by atoms with E-state index in [-0.39, 0.29) is 5.91 Å². The van der Waals surface area contributed by atoms with Gasteiger partial charge in [0.2, 0.25) is 0 Å². The summed E-state index contributed by atoms with van der Waals surface area (Å²) < 4.78 is 11.8. The molecule has 4 aromatic rings. The Kier molecular flexibility index (Phi) is 7.34. The van der Waals surface area contributed by atoms with E-state index in [2.05, 4.69) is 26.5 Å². The molecule has 0 unspecified atom stereocenters. The third kappa shape index (κ3) is 5.32. The van der Waals surface area contributed by atoms with Crippen LogP contribution in [0.1, 0.15) is 33.2 Å². The lowest BCUT2D eigenvalue weighted by atomic mass is 10.0. The molecule has 4 rings (SSSR count). The number of esters is 1. The van der Waals surface area contributed by atoms with Gasteiger partial charge in [-0.1, -0.05) is 42.5 Å². The van der Waals surface area contributed by atoms with Gasteiger partial charge in [-0.3, -0.25) is 4.79 Å². The molecule has 0 fully saturated rings. The van der Waals surface area contributed by atoms with Crippen molar-refractivity contribution in [1.29, 1.82) is 0 Å². The number of halogens is 1. The minimum absolute atomic E-state index is 0.330. The first-order valence-electron chi connectivity index (χ1n) is 10.6. The maximum Gasteiger partial charge on any atom is 0.343 e. The predicted molar refractivity (Wildman–Crippen MR) is 136 cm³/mol. The van der Waals surface area contributed by atoms with Crippen molar-refractivity contribution in [2.75, 3.05) is 6.61 Å². The lowest BCUT2D eigenvalue weighted by Gasteiger charge is -2.11. The number of hydrogen-bond acceptors (Lipinski definition) is 5. The number of benzene rings is 4. The zero-order valence-electron chi connectivity index (χ0n) is 18.3. The molecule has 0 bridgehead atoms. The number of ether oxygens (including phenoxy) is 2. The molecule has 34 heavy (non-hydrogen) atoms. The van der Waals surface area contributed by atoms with Crippen molar-refractivity contribution < 1.29 is 19.1 Å². The smallest absolute Gasteiger partial charge is 0.343 e. The zero-order valence-corrected chi connectivity index (χ0v) is 19.9. The highest BCUT2D eigenvalue weighted by molar-refractivity contribution is 9.10. The lowest BCUT2D eigenvalue weighted by Crippen LogP contribution is -2.18.